The van der Waals surface area contributed by atoms with Crippen LogP contribution in [0.1, 0.15) is 31.1 Å². The molecule has 1 unspecified atom stereocenters. The van der Waals surface area contributed by atoms with Crippen molar-refractivity contribution in [3.05, 3.63) is 23.7 Å². The number of ether oxygens (including phenoxy) is 2. The van der Waals surface area contributed by atoms with Gasteiger partial charge in [0.15, 0.2) is 0 Å². The van der Waals surface area contributed by atoms with Crippen LogP contribution < -0.4 is 5.32 Å². The van der Waals surface area contributed by atoms with Crippen LogP contribution in [0.25, 0.3) is 0 Å². The zero-order chi connectivity index (χ0) is 11.9. The Balaban J connectivity index is 1.69. The summed E-state index contributed by atoms with van der Waals surface area (Å²) in [5.41, 5.74) is 1.18. The van der Waals surface area contributed by atoms with Crippen LogP contribution in [0.15, 0.2) is 16.7 Å². The van der Waals surface area contributed by atoms with E-state index in [4.69, 9.17) is 13.9 Å². The fourth-order valence-electron chi connectivity index (χ4n) is 1.85. The molecule has 1 saturated heterocycles. The van der Waals surface area contributed by atoms with E-state index in [0.29, 0.717) is 13.2 Å². The Morgan fingerprint density at radius 2 is 2.47 bits per heavy atom. The lowest BCUT2D eigenvalue weighted by Gasteiger charge is -2.07. The predicted molar refractivity (Wildman–Crippen MR) is 64.7 cm³/mol. The Morgan fingerprint density at radius 1 is 1.53 bits per heavy atom. The average molecular weight is 239 g/mol. The highest BCUT2D eigenvalue weighted by molar-refractivity contribution is 5.12. The second-order valence-corrected chi connectivity index (χ2v) is 4.39. The molecule has 1 aliphatic rings. The van der Waals surface area contributed by atoms with Crippen LogP contribution in [0.5, 0.6) is 0 Å². The summed E-state index contributed by atoms with van der Waals surface area (Å²) in [5.74, 6) is 0.894. The monoisotopic (exact) mass is 239 g/mol. The van der Waals surface area contributed by atoms with Crippen molar-refractivity contribution in [2.45, 2.75) is 39.0 Å². The third-order valence-corrected chi connectivity index (χ3v) is 2.81. The van der Waals surface area contributed by atoms with Crippen LogP contribution in [0.2, 0.25) is 0 Å². The maximum Gasteiger partial charge on any atom is 0.129 e. The normalized spacial score (nSPS) is 19.9. The molecule has 0 radical (unpaired) electrons. The van der Waals surface area contributed by atoms with Crippen molar-refractivity contribution in [2.24, 2.45) is 0 Å². The first-order chi connectivity index (χ1) is 8.38. The number of nitrogens with one attached hydrogen (secondary N) is 1. The summed E-state index contributed by atoms with van der Waals surface area (Å²) in [4.78, 5) is 0. The summed E-state index contributed by atoms with van der Waals surface area (Å²) in [5, 5.41) is 3.34. The molecule has 0 aromatic carbocycles. The van der Waals surface area contributed by atoms with Crippen LogP contribution >= 0.6 is 0 Å². The third kappa shape index (κ3) is 4.15. The smallest absolute Gasteiger partial charge is 0.129 e. The van der Waals surface area contributed by atoms with Crippen molar-refractivity contribution < 1.29 is 13.9 Å². The molecule has 0 bridgehead atoms. The van der Waals surface area contributed by atoms with E-state index < -0.39 is 0 Å². The first-order valence-corrected chi connectivity index (χ1v) is 6.35. The van der Waals surface area contributed by atoms with Crippen molar-refractivity contribution in [1.29, 1.82) is 0 Å². The Bertz CT molecular complexity index is 318. The van der Waals surface area contributed by atoms with Gasteiger partial charge in [-0.25, -0.2) is 0 Å². The molecule has 1 aliphatic heterocycles. The summed E-state index contributed by atoms with van der Waals surface area (Å²) in [6.07, 6.45) is 4.18. The highest BCUT2D eigenvalue weighted by Crippen LogP contribution is 2.13. The topological polar surface area (TPSA) is 43.6 Å². The Kier molecular flexibility index (Phi) is 5.04. The van der Waals surface area contributed by atoms with E-state index in [1.54, 1.807) is 6.26 Å². The molecule has 0 amide bonds. The molecule has 96 valence electrons. The third-order valence-electron chi connectivity index (χ3n) is 2.81. The summed E-state index contributed by atoms with van der Waals surface area (Å²) < 4.78 is 16.4. The number of hydrogen-bond donors (Lipinski definition) is 1. The maximum absolute atomic E-state index is 5.69. The molecule has 0 saturated carbocycles. The van der Waals surface area contributed by atoms with Crippen molar-refractivity contribution in [2.75, 3.05) is 19.8 Å². The molecule has 0 spiro atoms. The first-order valence-electron chi connectivity index (χ1n) is 6.35. The minimum Gasteiger partial charge on any atom is -0.467 e. The first kappa shape index (κ1) is 12.6. The van der Waals surface area contributed by atoms with Gasteiger partial charge in [-0.3, -0.25) is 0 Å². The number of hydrogen-bond acceptors (Lipinski definition) is 4. The van der Waals surface area contributed by atoms with E-state index in [-0.39, 0.29) is 6.10 Å². The molecular weight excluding hydrogens is 218 g/mol. The summed E-state index contributed by atoms with van der Waals surface area (Å²) in [6, 6.07) is 2.05. The Morgan fingerprint density at radius 3 is 3.24 bits per heavy atom. The molecule has 1 fully saturated rings. The fourth-order valence-corrected chi connectivity index (χ4v) is 1.85. The van der Waals surface area contributed by atoms with Gasteiger partial charge in [-0.15, -0.1) is 0 Å². The lowest BCUT2D eigenvalue weighted by atomic mass is 10.3. The van der Waals surface area contributed by atoms with Crippen LogP contribution in [0.4, 0.5) is 0 Å². The van der Waals surface area contributed by atoms with Gasteiger partial charge < -0.3 is 19.2 Å². The highest BCUT2D eigenvalue weighted by Gasteiger charge is 2.16. The van der Waals surface area contributed by atoms with Gasteiger partial charge in [-0.1, -0.05) is 6.92 Å². The number of rotatable bonds is 7. The maximum atomic E-state index is 5.69. The fraction of sp³-hybridized carbons (Fsp3) is 0.692. The lowest BCUT2D eigenvalue weighted by Crippen LogP contribution is -2.13. The van der Waals surface area contributed by atoms with Gasteiger partial charge in [0, 0.05) is 18.7 Å². The van der Waals surface area contributed by atoms with Gasteiger partial charge in [0.2, 0.25) is 0 Å². The second-order valence-electron chi connectivity index (χ2n) is 4.39. The van der Waals surface area contributed by atoms with E-state index in [2.05, 4.69) is 18.3 Å². The van der Waals surface area contributed by atoms with Crippen LogP contribution in [-0.4, -0.2) is 25.9 Å². The standard InChI is InChI=1S/C13H21NO3/c1-2-4-14-7-11-6-13(16-8-11)10-17-12-3-5-15-9-12/h6,8,12,14H,2-5,7,9-10H2,1H3. The van der Waals surface area contributed by atoms with E-state index in [0.717, 1.165) is 38.3 Å². The quantitative estimate of drug-likeness (QED) is 0.740. The van der Waals surface area contributed by atoms with Gasteiger partial charge >= 0.3 is 0 Å². The average Bonchev–Trinajstić information content (AvgIpc) is 2.98. The molecule has 4 nitrogen and oxygen atoms in total. The van der Waals surface area contributed by atoms with Crippen LogP contribution in [0, 0.1) is 0 Å². The van der Waals surface area contributed by atoms with Gasteiger partial charge in [-0.05, 0) is 25.5 Å². The molecule has 4 heteroatoms. The van der Waals surface area contributed by atoms with Crippen molar-refractivity contribution in [1.82, 2.24) is 5.32 Å². The van der Waals surface area contributed by atoms with E-state index in [9.17, 15) is 0 Å². The van der Waals surface area contributed by atoms with E-state index in [1.807, 2.05) is 0 Å². The zero-order valence-electron chi connectivity index (χ0n) is 10.4. The SMILES string of the molecule is CCCNCc1coc(COC2CCOC2)c1. The highest BCUT2D eigenvalue weighted by atomic mass is 16.5. The molecule has 1 aromatic heterocycles. The summed E-state index contributed by atoms with van der Waals surface area (Å²) in [7, 11) is 0. The van der Waals surface area contributed by atoms with Crippen molar-refractivity contribution >= 4 is 0 Å². The lowest BCUT2D eigenvalue weighted by molar-refractivity contribution is 0.0235. The molecular formula is C13H21NO3. The molecule has 2 heterocycles. The zero-order valence-corrected chi connectivity index (χ0v) is 10.4. The molecule has 1 aromatic rings. The molecule has 1 N–H and O–H groups in total. The minimum absolute atomic E-state index is 0.238. The van der Waals surface area contributed by atoms with Gasteiger partial charge in [0.1, 0.15) is 12.4 Å². The second kappa shape index (κ2) is 6.79. The largest absolute Gasteiger partial charge is 0.467 e. The predicted octanol–water partition coefficient (Wildman–Crippen LogP) is 2.08. The Hall–Kier alpha value is -0.840. The van der Waals surface area contributed by atoms with E-state index >= 15 is 0 Å². The van der Waals surface area contributed by atoms with Gasteiger partial charge in [0.25, 0.3) is 0 Å². The van der Waals surface area contributed by atoms with Crippen LogP contribution in [-0.2, 0) is 22.6 Å². The minimum atomic E-state index is 0.238. The summed E-state index contributed by atoms with van der Waals surface area (Å²) in [6.45, 7) is 6.13. The van der Waals surface area contributed by atoms with Gasteiger partial charge in [-0.2, -0.15) is 0 Å². The van der Waals surface area contributed by atoms with Crippen LogP contribution in [0.3, 0.4) is 0 Å². The molecule has 2 rings (SSSR count). The van der Waals surface area contributed by atoms with E-state index in [1.165, 1.54) is 5.56 Å². The number of furan rings is 1. The van der Waals surface area contributed by atoms with Crippen molar-refractivity contribution in [3.63, 3.8) is 0 Å². The molecule has 0 aliphatic carbocycles. The Labute approximate surface area is 102 Å². The van der Waals surface area contributed by atoms with Gasteiger partial charge in [0.05, 0.1) is 19.0 Å². The van der Waals surface area contributed by atoms with Crippen molar-refractivity contribution in [3.8, 4) is 0 Å². The molecule has 1 atom stereocenters. The molecule has 17 heavy (non-hydrogen) atoms. The summed E-state index contributed by atoms with van der Waals surface area (Å²) >= 11 is 0.